The molecule has 0 aliphatic carbocycles. The molecule has 11 heteroatoms. The normalized spacial score (nSPS) is 19.6. The van der Waals surface area contributed by atoms with Gasteiger partial charge in [0.2, 0.25) is 11.9 Å². The van der Waals surface area contributed by atoms with Gasteiger partial charge in [0.1, 0.15) is 0 Å². The summed E-state index contributed by atoms with van der Waals surface area (Å²) < 4.78 is 13.3. The van der Waals surface area contributed by atoms with Gasteiger partial charge in [-0.05, 0) is 58.9 Å². The van der Waals surface area contributed by atoms with Crippen molar-refractivity contribution in [2.24, 2.45) is 0 Å². The minimum absolute atomic E-state index is 0.00484. The van der Waals surface area contributed by atoms with Crippen LogP contribution in [0.2, 0.25) is 0 Å². The zero-order chi connectivity index (χ0) is 34.7. The largest absolute Gasteiger partial charge is 0.481 e. The lowest BCUT2D eigenvalue weighted by atomic mass is 9.98. The maximum absolute atomic E-state index is 12.3. The van der Waals surface area contributed by atoms with E-state index in [0.717, 1.165) is 72.1 Å². The number of carboxylic acid groups (broad SMARTS) is 1. The number of ether oxygens (including phenoxy) is 2. The first kappa shape index (κ1) is 35.2. The number of anilines is 1. The lowest BCUT2D eigenvalue weighted by Gasteiger charge is -2.40. The molecular formula is C39H45N5O6. The molecule has 3 N–H and O–H groups in total. The van der Waals surface area contributed by atoms with E-state index in [9.17, 15) is 14.7 Å². The van der Waals surface area contributed by atoms with Crippen molar-refractivity contribution in [3.8, 4) is 11.1 Å². The summed E-state index contributed by atoms with van der Waals surface area (Å²) in [6, 6.07) is 26.1. The van der Waals surface area contributed by atoms with Crippen LogP contribution >= 0.6 is 0 Å². The summed E-state index contributed by atoms with van der Waals surface area (Å²) in [6.07, 6.45) is 4.88. The molecule has 2 saturated heterocycles. The first-order valence-corrected chi connectivity index (χ1v) is 17.4. The number of aromatic nitrogens is 2. The fraction of sp³-hybridized carbons (Fsp3) is 0.385. The van der Waals surface area contributed by atoms with Crippen LogP contribution in [-0.4, -0.2) is 75.8 Å². The van der Waals surface area contributed by atoms with Crippen molar-refractivity contribution in [3.05, 3.63) is 114 Å². The van der Waals surface area contributed by atoms with Gasteiger partial charge in [-0.3, -0.25) is 14.5 Å². The predicted molar refractivity (Wildman–Crippen MR) is 189 cm³/mol. The topological polar surface area (TPSA) is 137 Å². The highest BCUT2D eigenvalue weighted by Gasteiger charge is 2.34. The van der Waals surface area contributed by atoms with E-state index in [4.69, 9.17) is 14.6 Å². The second-order valence-corrected chi connectivity index (χ2v) is 12.9. The van der Waals surface area contributed by atoms with Crippen LogP contribution in [-0.2, 0) is 32.2 Å². The summed E-state index contributed by atoms with van der Waals surface area (Å²) in [6.45, 7) is 4.63. The number of hydrogen-bond donors (Lipinski definition) is 3. The molecular weight excluding hydrogens is 634 g/mol. The van der Waals surface area contributed by atoms with Crippen LogP contribution in [0.1, 0.15) is 66.8 Å². The van der Waals surface area contributed by atoms with Crippen LogP contribution in [0.3, 0.4) is 0 Å². The number of carbonyl (C=O) groups is 2. The van der Waals surface area contributed by atoms with Crippen LogP contribution in [0.5, 0.6) is 0 Å². The predicted octanol–water partition coefficient (Wildman–Crippen LogP) is 5.26. The van der Waals surface area contributed by atoms with Gasteiger partial charge in [0, 0.05) is 76.5 Å². The van der Waals surface area contributed by atoms with Crippen molar-refractivity contribution in [2.45, 2.75) is 63.8 Å². The smallest absolute Gasteiger partial charge is 0.303 e. The minimum atomic E-state index is -0.842. The van der Waals surface area contributed by atoms with Gasteiger partial charge in [-0.25, -0.2) is 9.97 Å². The molecule has 50 heavy (non-hydrogen) atoms. The number of aliphatic hydroxyl groups is 1. The Bertz CT molecular complexity index is 1700. The van der Waals surface area contributed by atoms with E-state index in [1.807, 2.05) is 60.7 Å². The van der Waals surface area contributed by atoms with Crippen molar-refractivity contribution in [2.75, 3.05) is 37.6 Å². The summed E-state index contributed by atoms with van der Waals surface area (Å²) in [5.74, 6) is -0.164. The third kappa shape index (κ3) is 9.72. The molecule has 1 aromatic heterocycles. The number of carboxylic acids is 1. The molecule has 0 spiro atoms. The molecule has 2 aliphatic rings. The number of carbonyl (C=O) groups excluding carboxylic acids is 1. The zero-order valence-electron chi connectivity index (χ0n) is 28.2. The quantitative estimate of drug-likeness (QED) is 0.151. The fourth-order valence-electron chi connectivity index (χ4n) is 6.48. The molecule has 3 atom stereocenters. The lowest BCUT2D eigenvalue weighted by molar-refractivity contribution is -0.253. The molecule has 4 aromatic rings. The van der Waals surface area contributed by atoms with Crippen molar-refractivity contribution in [1.29, 1.82) is 0 Å². The Morgan fingerprint density at radius 1 is 0.800 bits per heavy atom. The molecule has 3 heterocycles. The van der Waals surface area contributed by atoms with E-state index in [2.05, 4.69) is 43.3 Å². The highest BCUT2D eigenvalue weighted by Crippen LogP contribution is 2.39. The Balaban J connectivity index is 1.13. The first-order valence-electron chi connectivity index (χ1n) is 17.4. The van der Waals surface area contributed by atoms with Crippen LogP contribution in [0.25, 0.3) is 11.1 Å². The first-order chi connectivity index (χ1) is 24.4. The number of amides is 1. The summed E-state index contributed by atoms with van der Waals surface area (Å²) in [4.78, 5) is 36.5. The summed E-state index contributed by atoms with van der Waals surface area (Å²) in [5, 5.41) is 21.3. The number of piperazine rings is 1. The van der Waals surface area contributed by atoms with Crippen molar-refractivity contribution in [3.63, 3.8) is 0 Å². The summed E-state index contributed by atoms with van der Waals surface area (Å²) >= 11 is 0. The van der Waals surface area contributed by atoms with Crippen molar-refractivity contribution in [1.82, 2.24) is 20.2 Å². The van der Waals surface area contributed by atoms with Crippen molar-refractivity contribution >= 4 is 17.8 Å². The van der Waals surface area contributed by atoms with Gasteiger partial charge in [0.05, 0.1) is 18.8 Å². The molecule has 11 nitrogen and oxygen atoms in total. The molecule has 0 bridgehead atoms. The Kier molecular flexibility index (Phi) is 12.2. The Labute approximate surface area is 292 Å². The number of nitrogens with zero attached hydrogens (tertiary/aromatic N) is 4. The van der Waals surface area contributed by atoms with Crippen LogP contribution in [0.4, 0.5) is 5.95 Å². The van der Waals surface area contributed by atoms with Crippen molar-refractivity contribution < 1.29 is 29.3 Å². The fourth-order valence-corrected chi connectivity index (χ4v) is 6.48. The minimum Gasteiger partial charge on any atom is -0.481 e. The Morgan fingerprint density at radius 3 is 2.26 bits per heavy atom. The number of aliphatic carboxylic acids is 1. The van der Waals surface area contributed by atoms with Gasteiger partial charge in [-0.15, -0.1) is 0 Å². The SMILES string of the molecule is O=C(O)CCCCC(=O)NCc1cccc(-c2cccc(C3OC(CN4CCN(c5ncccn5)CC4)CC(c4ccc(CO)cc4)O3)c2)c1. The monoisotopic (exact) mass is 679 g/mol. The number of unbranched alkanes of at least 4 members (excludes halogenated alkanes) is 1. The Hall–Kier alpha value is -4.68. The summed E-state index contributed by atoms with van der Waals surface area (Å²) in [7, 11) is 0. The van der Waals surface area contributed by atoms with E-state index in [-0.39, 0.29) is 31.1 Å². The van der Waals surface area contributed by atoms with Gasteiger partial charge < -0.3 is 29.9 Å². The lowest BCUT2D eigenvalue weighted by Crippen LogP contribution is -2.50. The van der Waals surface area contributed by atoms with Gasteiger partial charge in [-0.2, -0.15) is 0 Å². The van der Waals surface area contributed by atoms with E-state index in [1.54, 1.807) is 12.4 Å². The third-order valence-electron chi connectivity index (χ3n) is 9.24. The molecule has 6 rings (SSSR count). The average molecular weight is 680 g/mol. The number of benzene rings is 3. The maximum Gasteiger partial charge on any atom is 0.303 e. The highest BCUT2D eigenvalue weighted by atomic mass is 16.7. The van der Waals surface area contributed by atoms with E-state index in [0.29, 0.717) is 32.2 Å². The second kappa shape index (κ2) is 17.3. The highest BCUT2D eigenvalue weighted by molar-refractivity contribution is 5.76. The van der Waals surface area contributed by atoms with Gasteiger partial charge in [0.15, 0.2) is 6.29 Å². The summed E-state index contributed by atoms with van der Waals surface area (Å²) in [5.41, 5.74) is 5.85. The van der Waals surface area contributed by atoms with Gasteiger partial charge in [0.25, 0.3) is 0 Å². The number of rotatable bonds is 14. The van der Waals surface area contributed by atoms with Crippen LogP contribution in [0, 0.1) is 0 Å². The van der Waals surface area contributed by atoms with Gasteiger partial charge >= 0.3 is 5.97 Å². The average Bonchev–Trinajstić information content (AvgIpc) is 3.16. The molecule has 0 radical (unpaired) electrons. The van der Waals surface area contributed by atoms with E-state index >= 15 is 0 Å². The molecule has 262 valence electrons. The number of aliphatic hydroxyl groups excluding tert-OH is 1. The van der Waals surface area contributed by atoms with Crippen LogP contribution in [0.15, 0.2) is 91.3 Å². The molecule has 0 saturated carbocycles. The van der Waals surface area contributed by atoms with Gasteiger partial charge in [-0.1, -0.05) is 60.7 Å². The number of nitrogens with one attached hydrogen (secondary N) is 1. The third-order valence-corrected chi connectivity index (χ3v) is 9.24. The molecule has 2 aliphatic heterocycles. The molecule has 2 fully saturated rings. The standard InChI is InChI=1S/C39H45N5O6/c45-27-28-12-14-30(15-13-28)35-24-34(26-43-18-20-44(21-19-43)39-40-16-5-17-41-39)49-38(50-35)33-9-4-8-32(23-33)31-7-3-6-29(22-31)25-42-36(46)10-1-2-11-37(47)48/h3-9,12-17,22-23,34-35,38,45H,1-2,10-11,18-21,24-27H2,(H,42,46)(H,47,48). The molecule has 3 unspecified atom stereocenters. The number of hydrogen-bond acceptors (Lipinski definition) is 9. The molecule has 3 aromatic carbocycles. The zero-order valence-corrected chi connectivity index (χ0v) is 28.2. The maximum atomic E-state index is 12.3. The van der Waals surface area contributed by atoms with Crippen LogP contribution < -0.4 is 10.2 Å². The second-order valence-electron chi connectivity index (χ2n) is 12.9. The van der Waals surface area contributed by atoms with E-state index < -0.39 is 12.3 Å². The Morgan fingerprint density at radius 2 is 1.52 bits per heavy atom. The van der Waals surface area contributed by atoms with E-state index in [1.165, 1.54) is 0 Å². The molecule has 1 amide bonds.